The quantitative estimate of drug-likeness (QED) is 0.346. The smallest absolute Gasteiger partial charge is 0.337 e. The Kier molecular flexibility index (Phi) is 4.34. The lowest BCUT2D eigenvalue weighted by Gasteiger charge is -2.02. The lowest BCUT2D eigenvalue weighted by atomic mass is 10.1. The Bertz CT molecular complexity index is 650. The van der Waals surface area contributed by atoms with Gasteiger partial charge in [-0.25, -0.2) is 9.42 Å². The highest BCUT2D eigenvalue weighted by molar-refractivity contribution is 5.98. The van der Waals surface area contributed by atoms with Crippen LogP contribution in [0.1, 0.15) is 21.6 Å². The minimum absolute atomic E-state index is 0.0299. The second-order valence-electron chi connectivity index (χ2n) is 3.94. The van der Waals surface area contributed by atoms with Crippen LogP contribution in [0.3, 0.4) is 0 Å². The number of oxime groups is 1. The van der Waals surface area contributed by atoms with Gasteiger partial charge in [0.2, 0.25) is 0 Å². The number of nitrogens with two attached hydrogens (primary N) is 2. The fourth-order valence-corrected chi connectivity index (χ4v) is 1.45. The largest absolute Gasteiger partial charge is 0.465 e. The SMILES string of the molecule is COC(=O)c1ccc(CO/N=C(/N)c2nonc2N)cc1. The van der Waals surface area contributed by atoms with E-state index in [1.54, 1.807) is 24.3 Å². The summed E-state index contributed by atoms with van der Waals surface area (Å²) in [7, 11) is 1.32. The molecule has 1 aromatic heterocycles. The third-order valence-electron chi connectivity index (χ3n) is 2.53. The summed E-state index contributed by atoms with van der Waals surface area (Å²) in [5, 5.41) is 10.5. The summed E-state index contributed by atoms with van der Waals surface area (Å²) < 4.78 is 8.99. The van der Waals surface area contributed by atoms with Gasteiger partial charge in [-0.3, -0.25) is 0 Å². The molecule has 0 bridgehead atoms. The number of anilines is 1. The molecular formula is C12H13N5O4. The molecule has 0 spiro atoms. The van der Waals surface area contributed by atoms with Gasteiger partial charge in [-0.2, -0.15) is 0 Å². The number of benzene rings is 1. The highest BCUT2D eigenvalue weighted by atomic mass is 16.6. The number of rotatable bonds is 5. The Morgan fingerprint density at radius 3 is 2.62 bits per heavy atom. The maximum absolute atomic E-state index is 11.3. The highest BCUT2D eigenvalue weighted by Crippen LogP contribution is 2.08. The molecule has 0 aliphatic carbocycles. The van der Waals surface area contributed by atoms with Gasteiger partial charge in [-0.05, 0) is 28.0 Å². The average molecular weight is 291 g/mol. The van der Waals surface area contributed by atoms with E-state index in [0.29, 0.717) is 5.56 Å². The van der Waals surface area contributed by atoms with Gasteiger partial charge in [0.05, 0.1) is 12.7 Å². The molecule has 0 atom stereocenters. The van der Waals surface area contributed by atoms with Crippen molar-refractivity contribution in [2.24, 2.45) is 10.9 Å². The second-order valence-corrected chi connectivity index (χ2v) is 3.94. The summed E-state index contributed by atoms with van der Waals surface area (Å²) in [6.45, 7) is 0.160. The Balaban J connectivity index is 1.94. The number of aromatic nitrogens is 2. The van der Waals surface area contributed by atoms with Crippen molar-refractivity contribution in [3.8, 4) is 0 Å². The first kappa shape index (κ1) is 14.3. The topological polar surface area (TPSA) is 139 Å². The molecule has 21 heavy (non-hydrogen) atoms. The van der Waals surface area contributed by atoms with E-state index in [4.69, 9.17) is 16.3 Å². The maximum atomic E-state index is 11.3. The number of nitrogen functional groups attached to an aromatic ring is 1. The third-order valence-corrected chi connectivity index (χ3v) is 2.53. The van der Waals surface area contributed by atoms with E-state index in [0.717, 1.165) is 5.56 Å². The Morgan fingerprint density at radius 2 is 2.05 bits per heavy atom. The van der Waals surface area contributed by atoms with Crippen LogP contribution >= 0.6 is 0 Å². The van der Waals surface area contributed by atoms with Gasteiger partial charge in [-0.1, -0.05) is 17.3 Å². The van der Waals surface area contributed by atoms with Gasteiger partial charge >= 0.3 is 5.97 Å². The summed E-state index contributed by atoms with van der Waals surface area (Å²) in [6.07, 6.45) is 0. The van der Waals surface area contributed by atoms with Crippen molar-refractivity contribution in [1.82, 2.24) is 10.3 Å². The molecule has 0 amide bonds. The molecule has 0 aliphatic rings. The van der Waals surface area contributed by atoms with Crippen molar-refractivity contribution >= 4 is 17.6 Å². The standard InChI is InChI=1S/C12H13N5O4/c1-19-12(18)8-4-2-7(3-5-8)6-20-16-10(13)9-11(14)17-21-15-9/h2-5H,6H2,1H3,(H2,13,16)(H2,14,17). The van der Waals surface area contributed by atoms with Crippen molar-refractivity contribution in [1.29, 1.82) is 0 Å². The molecule has 0 fully saturated rings. The number of carbonyl (C=O) groups excluding carboxylic acids is 1. The lowest BCUT2D eigenvalue weighted by molar-refractivity contribution is 0.0600. The van der Waals surface area contributed by atoms with E-state index in [1.807, 2.05) is 0 Å². The van der Waals surface area contributed by atoms with E-state index in [-0.39, 0.29) is 24.0 Å². The molecule has 2 rings (SSSR count). The normalized spacial score (nSPS) is 11.2. The van der Waals surface area contributed by atoms with Gasteiger partial charge in [0.15, 0.2) is 17.3 Å². The molecule has 0 unspecified atom stereocenters. The van der Waals surface area contributed by atoms with Crippen molar-refractivity contribution in [3.63, 3.8) is 0 Å². The zero-order chi connectivity index (χ0) is 15.2. The number of hydrogen-bond donors (Lipinski definition) is 2. The van der Waals surface area contributed by atoms with Gasteiger partial charge in [0.25, 0.3) is 0 Å². The van der Waals surface area contributed by atoms with Crippen LogP contribution in [-0.2, 0) is 16.2 Å². The lowest BCUT2D eigenvalue weighted by Crippen LogP contribution is -2.16. The first-order chi connectivity index (χ1) is 10.1. The van der Waals surface area contributed by atoms with Crippen molar-refractivity contribution in [2.45, 2.75) is 6.61 Å². The van der Waals surface area contributed by atoms with Gasteiger partial charge in [0, 0.05) is 0 Å². The van der Waals surface area contributed by atoms with E-state index in [2.05, 4.69) is 24.8 Å². The van der Waals surface area contributed by atoms with Gasteiger partial charge in [-0.15, -0.1) is 0 Å². The second kappa shape index (κ2) is 6.37. The molecule has 1 heterocycles. The zero-order valence-corrected chi connectivity index (χ0v) is 11.1. The monoisotopic (exact) mass is 291 g/mol. The van der Waals surface area contributed by atoms with E-state index >= 15 is 0 Å². The molecule has 0 saturated carbocycles. The van der Waals surface area contributed by atoms with Crippen molar-refractivity contribution in [3.05, 3.63) is 41.1 Å². The number of methoxy groups -OCH3 is 1. The van der Waals surface area contributed by atoms with E-state index in [9.17, 15) is 4.79 Å². The molecule has 0 aliphatic heterocycles. The molecule has 9 heteroatoms. The number of carbonyl (C=O) groups is 1. The van der Waals surface area contributed by atoms with Crippen LogP contribution in [0, 0.1) is 0 Å². The van der Waals surface area contributed by atoms with Crippen molar-refractivity contribution < 1.29 is 19.0 Å². The summed E-state index contributed by atoms with van der Waals surface area (Å²) in [5.41, 5.74) is 12.4. The molecule has 9 nitrogen and oxygen atoms in total. The Morgan fingerprint density at radius 1 is 1.33 bits per heavy atom. The minimum atomic E-state index is -0.404. The molecule has 1 aromatic carbocycles. The molecule has 110 valence electrons. The fourth-order valence-electron chi connectivity index (χ4n) is 1.45. The summed E-state index contributed by atoms with van der Waals surface area (Å²) in [6, 6.07) is 6.67. The zero-order valence-electron chi connectivity index (χ0n) is 11.1. The molecular weight excluding hydrogens is 278 g/mol. The number of hydrogen-bond acceptors (Lipinski definition) is 8. The summed E-state index contributed by atoms with van der Waals surface area (Å²) >= 11 is 0. The molecule has 0 saturated heterocycles. The van der Waals surface area contributed by atoms with Crippen LogP contribution in [0.4, 0.5) is 5.82 Å². The van der Waals surface area contributed by atoms with Gasteiger partial charge < -0.3 is 21.0 Å². The fraction of sp³-hybridized carbons (Fsp3) is 0.167. The maximum Gasteiger partial charge on any atom is 0.337 e. The predicted molar refractivity (Wildman–Crippen MR) is 72.0 cm³/mol. The van der Waals surface area contributed by atoms with E-state index in [1.165, 1.54) is 7.11 Å². The summed E-state index contributed by atoms with van der Waals surface area (Å²) in [4.78, 5) is 16.3. The van der Waals surface area contributed by atoms with Crippen LogP contribution < -0.4 is 11.5 Å². The number of nitrogens with zero attached hydrogens (tertiary/aromatic N) is 3. The van der Waals surface area contributed by atoms with E-state index < -0.39 is 5.97 Å². The number of esters is 1. The van der Waals surface area contributed by atoms with Crippen molar-refractivity contribution in [2.75, 3.05) is 12.8 Å². The average Bonchev–Trinajstić information content (AvgIpc) is 2.93. The molecule has 4 N–H and O–H groups in total. The van der Waals surface area contributed by atoms with Crippen LogP contribution in [-0.4, -0.2) is 29.2 Å². The van der Waals surface area contributed by atoms with Crippen LogP contribution in [0.2, 0.25) is 0 Å². The van der Waals surface area contributed by atoms with Crippen LogP contribution in [0.5, 0.6) is 0 Å². The number of ether oxygens (including phenoxy) is 1. The Hall–Kier alpha value is -3.10. The van der Waals surface area contributed by atoms with Crippen LogP contribution in [0.15, 0.2) is 34.1 Å². The summed E-state index contributed by atoms with van der Waals surface area (Å²) in [5.74, 6) is -0.416. The first-order valence-electron chi connectivity index (χ1n) is 5.83. The van der Waals surface area contributed by atoms with Crippen LogP contribution in [0.25, 0.3) is 0 Å². The Labute approximate surface area is 119 Å². The molecule has 0 radical (unpaired) electrons. The third kappa shape index (κ3) is 3.47. The molecule has 2 aromatic rings. The minimum Gasteiger partial charge on any atom is -0.465 e. The highest BCUT2D eigenvalue weighted by Gasteiger charge is 2.11. The first-order valence-corrected chi connectivity index (χ1v) is 5.83. The van der Waals surface area contributed by atoms with Gasteiger partial charge in [0.1, 0.15) is 6.61 Å². The predicted octanol–water partition coefficient (Wildman–Crippen LogP) is 0.275. The number of amidine groups is 1.